The van der Waals surface area contributed by atoms with Gasteiger partial charge in [-0.15, -0.1) is 0 Å². The zero-order valence-corrected chi connectivity index (χ0v) is 12.7. The monoisotopic (exact) mass is 320 g/mol. The summed E-state index contributed by atoms with van der Waals surface area (Å²) in [5, 5.41) is 11.3. The highest BCUT2D eigenvalue weighted by atomic mass is 16.4. The fourth-order valence-electron chi connectivity index (χ4n) is 1.99. The summed E-state index contributed by atoms with van der Waals surface area (Å²) >= 11 is 0. The summed E-state index contributed by atoms with van der Waals surface area (Å²) in [7, 11) is 0. The molecule has 0 aliphatic carbocycles. The van der Waals surface area contributed by atoms with Gasteiger partial charge in [0.05, 0.1) is 0 Å². The Morgan fingerprint density at radius 3 is 2.26 bits per heavy atom. The SMILES string of the molecule is NC(=O)CCC(NC(=O)CCCC(=O)c1ccccc1)C(=O)O. The number of carbonyl (C=O) groups is 4. The van der Waals surface area contributed by atoms with Gasteiger partial charge >= 0.3 is 5.97 Å². The second kappa shape index (κ2) is 9.34. The first-order valence-corrected chi connectivity index (χ1v) is 7.29. The summed E-state index contributed by atoms with van der Waals surface area (Å²) in [5.74, 6) is -2.39. The van der Waals surface area contributed by atoms with Gasteiger partial charge in [0.1, 0.15) is 6.04 Å². The van der Waals surface area contributed by atoms with Crippen LogP contribution in [0.1, 0.15) is 42.5 Å². The van der Waals surface area contributed by atoms with Gasteiger partial charge in [-0.2, -0.15) is 0 Å². The van der Waals surface area contributed by atoms with Crippen molar-refractivity contribution in [3.05, 3.63) is 35.9 Å². The first kappa shape index (κ1) is 18.3. The Hall–Kier alpha value is -2.70. The summed E-state index contributed by atoms with van der Waals surface area (Å²) in [5.41, 5.74) is 5.54. The maximum absolute atomic E-state index is 11.9. The van der Waals surface area contributed by atoms with Crippen LogP contribution in [-0.4, -0.2) is 34.7 Å². The molecule has 0 spiro atoms. The van der Waals surface area contributed by atoms with E-state index in [-0.39, 0.29) is 31.5 Å². The molecule has 0 radical (unpaired) electrons. The number of carbonyl (C=O) groups excluding carboxylic acids is 3. The number of benzene rings is 1. The van der Waals surface area contributed by atoms with E-state index in [1.54, 1.807) is 24.3 Å². The number of carboxylic acids is 1. The molecule has 1 rings (SSSR count). The summed E-state index contributed by atoms with van der Waals surface area (Å²) in [6.45, 7) is 0. The molecule has 0 saturated carbocycles. The maximum Gasteiger partial charge on any atom is 0.326 e. The van der Waals surface area contributed by atoms with E-state index >= 15 is 0 Å². The molecule has 0 aliphatic heterocycles. The zero-order chi connectivity index (χ0) is 17.2. The Labute approximate surface area is 133 Å². The second-order valence-electron chi connectivity index (χ2n) is 5.11. The Bertz CT molecular complexity index is 571. The van der Waals surface area contributed by atoms with Gasteiger partial charge in [-0.1, -0.05) is 30.3 Å². The van der Waals surface area contributed by atoms with Crippen LogP contribution in [0.5, 0.6) is 0 Å². The van der Waals surface area contributed by atoms with E-state index in [0.29, 0.717) is 12.0 Å². The average molecular weight is 320 g/mol. The maximum atomic E-state index is 11.9. The first-order valence-electron chi connectivity index (χ1n) is 7.29. The third kappa shape index (κ3) is 7.21. The zero-order valence-electron chi connectivity index (χ0n) is 12.7. The largest absolute Gasteiger partial charge is 0.480 e. The number of aliphatic carboxylic acids is 1. The molecule has 1 aromatic rings. The number of carboxylic acid groups (broad SMARTS) is 1. The number of rotatable bonds is 10. The molecular formula is C16H20N2O5. The van der Waals surface area contributed by atoms with E-state index < -0.39 is 23.8 Å². The van der Waals surface area contributed by atoms with E-state index in [4.69, 9.17) is 10.8 Å². The topological polar surface area (TPSA) is 127 Å². The van der Waals surface area contributed by atoms with Crippen molar-refractivity contribution in [1.29, 1.82) is 0 Å². The molecule has 0 fully saturated rings. The van der Waals surface area contributed by atoms with Crippen molar-refractivity contribution in [1.82, 2.24) is 5.32 Å². The quantitative estimate of drug-likeness (QED) is 0.551. The molecule has 0 aromatic heterocycles. The second-order valence-corrected chi connectivity index (χ2v) is 5.11. The van der Waals surface area contributed by atoms with E-state index in [0.717, 1.165) is 0 Å². The molecule has 7 heteroatoms. The van der Waals surface area contributed by atoms with Gasteiger partial charge in [-0.3, -0.25) is 14.4 Å². The predicted octanol–water partition coefficient (Wildman–Crippen LogP) is 0.874. The molecule has 1 aromatic carbocycles. The Kier molecular flexibility index (Phi) is 7.45. The fourth-order valence-corrected chi connectivity index (χ4v) is 1.99. The van der Waals surface area contributed by atoms with Crippen molar-refractivity contribution in [2.45, 2.75) is 38.1 Å². The van der Waals surface area contributed by atoms with E-state index in [1.165, 1.54) is 0 Å². The molecule has 4 N–H and O–H groups in total. The molecule has 0 saturated heterocycles. The van der Waals surface area contributed by atoms with Crippen LogP contribution in [0.3, 0.4) is 0 Å². The molecule has 124 valence electrons. The van der Waals surface area contributed by atoms with E-state index in [9.17, 15) is 19.2 Å². The Balaban J connectivity index is 2.36. The standard InChI is InChI=1S/C16H20N2O5/c17-14(20)10-9-12(16(22)23)18-15(21)8-4-7-13(19)11-5-2-1-3-6-11/h1-3,5-6,12H,4,7-10H2,(H2,17,20)(H,18,21)(H,22,23). The number of nitrogens with one attached hydrogen (secondary N) is 1. The number of hydrogen-bond acceptors (Lipinski definition) is 4. The molecule has 0 heterocycles. The van der Waals surface area contributed by atoms with Gasteiger partial charge in [0.2, 0.25) is 11.8 Å². The van der Waals surface area contributed by atoms with Crippen molar-refractivity contribution in [2.24, 2.45) is 5.73 Å². The lowest BCUT2D eigenvalue weighted by molar-refractivity contribution is -0.142. The fraction of sp³-hybridized carbons (Fsp3) is 0.375. The highest BCUT2D eigenvalue weighted by molar-refractivity contribution is 5.96. The number of nitrogens with two attached hydrogens (primary N) is 1. The van der Waals surface area contributed by atoms with Gasteiger partial charge in [-0.25, -0.2) is 4.79 Å². The van der Waals surface area contributed by atoms with Gasteiger partial charge in [-0.05, 0) is 12.8 Å². The number of hydrogen-bond donors (Lipinski definition) is 3. The highest BCUT2D eigenvalue weighted by Gasteiger charge is 2.20. The molecular weight excluding hydrogens is 300 g/mol. The highest BCUT2D eigenvalue weighted by Crippen LogP contribution is 2.07. The van der Waals surface area contributed by atoms with Crippen molar-refractivity contribution in [3.63, 3.8) is 0 Å². The summed E-state index contributed by atoms with van der Waals surface area (Å²) in [6.07, 6.45) is 0.389. The van der Waals surface area contributed by atoms with Crippen molar-refractivity contribution in [2.75, 3.05) is 0 Å². The average Bonchev–Trinajstić information content (AvgIpc) is 2.51. The summed E-state index contributed by atoms with van der Waals surface area (Å²) < 4.78 is 0. The predicted molar refractivity (Wildman–Crippen MR) is 82.6 cm³/mol. The Morgan fingerprint density at radius 2 is 1.70 bits per heavy atom. The third-order valence-electron chi connectivity index (χ3n) is 3.22. The molecule has 2 amide bonds. The van der Waals surface area contributed by atoms with Gasteiger partial charge in [0.15, 0.2) is 5.78 Å². The molecule has 23 heavy (non-hydrogen) atoms. The van der Waals surface area contributed by atoms with Crippen LogP contribution in [0.25, 0.3) is 0 Å². The minimum atomic E-state index is -1.22. The lowest BCUT2D eigenvalue weighted by atomic mass is 10.1. The van der Waals surface area contributed by atoms with Crippen LogP contribution in [0, 0.1) is 0 Å². The molecule has 1 atom stereocenters. The molecule has 1 unspecified atom stereocenters. The van der Waals surface area contributed by atoms with Crippen molar-refractivity contribution < 1.29 is 24.3 Å². The normalized spacial score (nSPS) is 11.5. The molecule has 0 bridgehead atoms. The smallest absolute Gasteiger partial charge is 0.326 e. The Morgan fingerprint density at radius 1 is 1.04 bits per heavy atom. The lowest BCUT2D eigenvalue weighted by Crippen LogP contribution is -2.41. The summed E-state index contributed by atoms with van der Waals surface area (Å²) in [6, 6.07) is 7.58. The van der Waals surface area contributed by atoms with Crippen LogP contribution >= 0.6 is 0 Å². The van der Waals surface area contributed by atoms with Crippen LogP contribution in [0.4, 0.5) is 0 Å². The summed E-state index contributed by atoms with van der Waals surface area (Å²) in [4.78, 5) is 45.2. The third-order valence-corrected chi connectivity index (χ3v) is 3.22. The van der Waals surface area contributed by atoms with Crippen LogP contribution in [0.15, 0.2) is 30.3 Å². The van der Waals surface area contributed by atoms with E-state index in [2.05, 4.69) is 5.32 Å². The van der Waals surface area contributed by atoms with Gasteiger partial charge in [0, 0.05) is 24.8 Å². The van der Waals surface area contributed by atoms with Crippen LogP contribution < -0.4 is 11.1 Å². The minimum Gasteiger partial charge on any atom is -0.480 e. The number of amides is 2. The van der Waals surface area contributed by atoms with Crippen molar-refractivity contribution in [3.8, 4) is 0 Å². The first-order chi connectivity index (χ1) is 10.9. The number of primary amides is 1. The minimum absolute atomic E-state index is 0.0406. The van der Waals surface area contributed by atoms with Gasteiger partial charge in [0.25, 0.3) is 0 Å². The lowest BCUT2D eigenvalue weighted by Gasteiger charge is -2.13. The number of Topliss-reactive ketones (excluding diaryl/α,β-unsaturated/α-hetero) is 1. The van der Waals surface area contributed by atoms with Crippen LogP contribution in [-0.2, 0) is 14.4 Å². The van der Waals surface area contributed by atoms with Crippen LogP contribution in [0.2, 0.25) is 0 Å². The number of ketones is 1. The van der Waals surface area contributed by atoms with Crippen molar-refractivity contribution >= 4 is 23.6 Å². The van der Waals surface area contributed by atoms with E-state index in [1.807, 2.05) is 6.07 Å². The van der Waals surface area contributed by atoms with Gasteiger partial charge < -0.3 is 16.2 Å². The molecule has 0 aliphatic rings. The molecule has 7 nitrogen and oxygen atoms in total.